The Morgan fingerprint density at radius 2 is 2.00 bits per heavy atom. The van der Waals surface area contributed by atoms with Gasteiger partial charge in [-0.05, 0) is 0 Å². The molecule has 0 aliphatic heterocycles. The number of nitrogens with one attached hydrogen (secondary N) is 1. The predicted molar refractivity (Wildman–Crippen MR) is 42.9 cm³/mol. The van der Waals surface area contributed by atoms with Crippen molar-refractivity contribution >= 4 is 17.8 Å². The number of carboxylic acid groups (broad SMARTS) is 1. The molecule has 1 rings (SSSR count). The summed E-state index contributed by atoms with van der Waals surface area (Å²) in [5.41, 5.74) is -0.782. The van der Waals surface area contributed by atoms with Gasteiger partial charge >= 0.3 is 18.1 Å². The average molecular weight is 238 g/mol. The Balaban J connectivity index is 2.98. The van der Waals surface area contributed by atoms with E-state index in [-0.39, 0.29) is 5.89 Å². The molecule has 2 N–H and O–H groups in total. The number of aromatic carboxylic acids is 1. The number of carbonyl (C=O) groups excluding carboxylic acids is 1. The molecule has 0 aliphatic carbocycles. The number of halogens is 3. The molecule has 0 fully saturated rings. The van der Waals surface area contributed by atoms with Crippen LogP contribution in [0.25, 0.3) is 0 Å². The summed E-state index contributed by atoms with van der Waals surface area (Å²) >= 11 is 0. The van der Waals surface area contributed by atoms with Crippen molar-refractivity contribution in [2.45, 2.75) is 13.1 Å². The molecular weight excluding hydrogens is 233 g/mol. The molecular formula is C7H5F3N2O4. The Hall–Kier alpha value is -2.06. The lowest BCUT2D eigenvalue weighted by molar-refractivity contribution is -0.167. The van der Waals surface area contributed by atoms with Gasteiger partial charge in [-0.3, -0.25) is 10.1 Å². The third kappa shape index (κ3) is 2.49. The lowest BCUT2D eigenvalue weighted by atomic mass is 10.4. The number of amides is 1. The summed E-state index contributed by atoms with van der Waals surface area (Å²) in [6.45, 7) is 1.23. The van der Waals surface area contributed by atoms with Crippen molar-refractivity contribution in [3.63, 3.8) is 0 Å². The van der Waals surface area contributed by atoms with E-state index in [4.69, 9.17) is 5.11 Å². The Morgan fingerprint density at radius 1 is 1.44 bits per heavy atom. The van der Waals surface area contributed by atoms with Crippen LogP contribution in [-0.4, -0.2) is 28.1 Å². The summed E-state index contributed by atoms with van der Waals surface area (Å²) in [7, 11) is 0. The second kappa shape index (κ2) is 3.83. The van der Waals surface area contributed by atoms with Gasteiger partial charge in [0.15, 0.2) is 5.89 Å². The fourth-order valence-corrected chi connectivity index (χ4v) is 0.831. The first kappa shape index (κ1) is 12.0. The number of rotatable bonds is 2. The Morgan fingerprint density at radius 3 is 2.44 bits per heavy atom. The molecule has 88 valence electrons. The summed E-state index contributed by atoms with van der Waals surface area (Å²) in [5.74, 6) is -4.94. The molecule has 0 saturated heterocycles. The highest BCUT2D eigenvalue weighted by atomic mass is 19.4. The quantitative estimate of drug-likeness (QED) is 0.806. The third-order valence-corrected chi connectivity index (χ3v) is 1.42. The molecule has 0 radical (unpaired) electrons. The number of carbonyl (C=O) groups is 2. The highest BCUT2D eigenvalue weighted by Gasteiger charge is 2.40. The summed E-state index contributed by atoms with van der Waals surface area (Å²) in [6.07, 6.45) is -5.13. The van der Waals surface area contributed by atoms with Gasteiger partial charge in [0.2, 0.25) is 11.6 Å². The first-order valence-electron chi connectivity index (χ1n) is 3.80. The van der Waals surface area contributed by atoms with Crippen LogP contribution in [0, 0.1) is 6.92 Å². The van der Waals surface area contributed by atoms with Crippen molar-refractivity contribution in [1.29, 1.82) is 0 Å². The van der Waals surface area contributed by atoms with Gasteiger partial charge in [-0.15, -0.1) is 0 Å². The van der Waals surface area contributed by atoms with E-state index in [0.29, 0.717) is 0 Å². The van der Waals surface area contributed by atoms with Crippen LogP contribution in [0.2, 0.25) is 0 Å². The standard InChI is InChI=1S/C7H5F3N2O4/c1-2-11-3(5(13)14)4(16-2)12-6(15)7(8,9)10/h1H3,(H,12,15)(H,13,14). The number of carboxylic acids is 1. The number of aromatic nitrogens is 1. The molecule has 0 unspecified atom stereocenters. The van der Waals surface area contributed by atoms with Gasteiger partial charge in [-0.1, -0.05) is 0 Å². The number of nitrogens with zero attached hydrogens (tertiary/aromatic N) is 1. The van der Waals surface area contributed by atoms with Gasteiger partial charge < -0.3 is 9.52 Å². The fraction of sp³-hybridized carbons (Fsp3) is 0.286. The monoisotopic (exact) mass is 238 g/mol. The number of alkyl halides is 3. The molecule has 0 aliphatic rings. The SMILES string of the molecule is Cc1nc(C(=O)O)c(NC(=O)C(F)(F)F)o1. The van der Waals surface area contributed by atoms with E-state index in [9.17, 15) is 22.8 Å². The lowest BCUT2D eigenvalue weighted by Crippen LogP contribution is -2.30. The van der Waals surface area contributed by atoms with Crippen molar-refractivity contribution in [3.8, 4) is 0 Å². The van der Waals surface area contributed by atoms with E-state index in [1.165, 1.54) is 12.2 Å². The van der Waals surface area contributed by atoms with Crippen molar-refractivity contribution in [2.24, 2.45) is 0 Å². The molecule has 0 atom stereocenters. The van der Waals surface area contributed by atoms with Gasteiger partial charge in [-0.2, -0.15) is 13.2 Å². The van der Waals surface area contributed by atoms with Crippen LogP contribution >= 0.6 is 0 Å². The summed E-state index contributed by atoms with van der Waals surface area (Å²) in [4.78, 5) is 24.3. The molecule has 1 aromatic heterocycles. The van der Waals surface area contributed by atoms with Gasteiger partial charge in [0.05, 0.1) is 0 Å². The van der Waals surface area contributed by atoms with Crippen molar-refractivity contribution in [3.05, 3.63) is 11.6 Å². The van der Waals surface area contributed by atoms with E-state index in [1.807, 2.05) is 0 Å². The second-order valence-electron chi connectivity index (χ2n) is 2.67. The van der Waals surface area contributed by atoms with Crippen molar-refractivity contribution in [1.82, 2.24) is 4.98 Å². The van der Waals surface area contributed by atoms with Crippen LogP contribution in [0.4, 0.5) is 19.1 Å². The Kier molecular flexibility index (Phi) is 2.88. The minimum absolute atomic E-state index is 0.171. The molecule has 9 heteroatoms. The molecule has 1 heterocycles. The Bertz CT molecular complexity index is 437. The highest BCUT2D eigenvalue weighted by molar-refractivity contribution is 5.99. The minimum Gasteiger partial charge on any atom is -0.476 e. The molecule has 0 saturated carbocycles. The maximum Gasteiger partial charge on any atom is 0.471 e. The number of aryl methyl sites for hydroxylation is 1. The van der Waals surface area contributed by atoms with Crippen LogP contribution in [0.3, 0.4) is 0 Å². The highest BCUT2D eigenvalue weighted by Crippen LogP contribution is 2.21. The van der Waals surface area contributed by atoms with E-state index in [1.54, 1.807) is 0 Å². The predicted octanol–water partition coefficient (Wildman–Crippen LogP) is 1.18. The van der Waals surface area contributed by atoms with Crippen LogP contribution < -0.4 is 5.32 Å². The maximum absolute atomic E-state index is 11.9. The number of hydrogen-bond acceptors (Lipinski definition) is 4. The largest absolute Gasteiger partial charge is 0.476 e. The molecule has 0 aromatic carbocycles. The van der Waals surface area contributed by atoms with Crippen LogP contribution in [0.1, 0.15) is 16.4 Å². The Labute approximate surface area is 86.1 Å². The molecule has 16 heavy (non-hydrogen) atoms. The first-order chi connectivity index (χ1) is 7.21. The van der Waals surface area contributed by atoms with Gasteiger partial charge in [0.25, 0.3) is 0 Å². The zero-order valence-electron chi connectivity index (χ0n) is 7.75. The van der Waals surface area contributed by atoms with Crippen LogP contribution in [-0.2, 0) is 4.79 Å². The molecule has 1 aromatic rings. The summed E-state index contributed by atoms with van der Waals surface area (Å²) in [6, 6.07) is 0. The lowest BCUT2D eigenvalue weighted by Gasteiger charge is -2.04. The molecule has 0 bridgehead atoms. The minimum atomic E-state index is -5.13. The van der Waals surface area contributed by atoms with Crippen molar-refractivity contribution in [2.75, 3.05) is 5.32 Å². The van der Waals surface area contributed by atoms with Gasteiger partial charge in [0.1, 0.15) is 0 Å². The smallest absolute Gasteiger partial charge is 0.471 e. The summed E-state index contributed by atoms with van der Waals surface area (Å²) < 4.78 is 40.1. The first-order valence-corrected chi connectivity index (χ1v) is 3.80. The van der Waals surface area contributed by atoms with E-state index in [0.717, 1.165) is 0 Å². The topological polar surface area (TPSA) is 92.4 Å². The van der Waals surface area contributed by atoms with Crippen LogP contribution in [0.15, 0.2) is 4.42 Å². The van der Waals surface area contributed by atoms with E-state index in [2.05, 4.69) is 9.40 Å². The molecule has 6 nitrogen and oxygen atoms in total. The fourth-order valence-electron chi connectivity index (χ4n) is 0.831. The van der Waals surface area contributed by atoms with Crippen LogP contribution in [0.5, 0.6) is 0 Å². The molecule has 1 amide bonds. The normalized spacial score (nSPS) is 11.2. The van der Waals surface area contributed by atoms with E-state index >= 15 is 0 Å². The zero-order valence-corrected chi connectivity index (χ0v) is 7.75. The summed E-state index contributed by atoms with van der Waals surface area (Å²) in [5, 5.41) is 9.82. The van der Waals surface area contributed by atoms with Gasteiger partial charge in [0, 0.05) is 6.92 Å². The van der Waals surface area contributed by atoms with Gasteiger partial charge in [-0.25, -0.2) is 9.78 Å². The number of hydrogen-bond donors (Lipinski definition) is 2. The third-order valence-electron chi connectivity index (χ3n) is 1.42. The number of anilines is 1. The van der Waals surface area contributed by atoms with E-state index < -0.39 is 29.6 Å². The second-order valence-corrected chi connectivity index (χ2v) is 2.67. The molecule has 0 spiro atoms. The van der Waals surface area contributed by atoms with Crippen molar-refractivity contribution < 1.29 is 32.3 Å². The number of oxazole rings is 1. The zero-order chi connectivity index (χ0) is 12.5. The average Bonchev–Trinajstić information content (AvgIpc) is 2.45. The maximum atomic E-state index is 11.9.